The van der Waals surface area contributed by atoms with Crippen molar-refractivity contribution in [2.45, 2.75) is 6.08 Å². The number of anilines is 1. The van der Waals surface area contributed by atoms with Gasteiger partial charge in [-0.05, 0) is 53.1 Å². The Morgan fingerprint density at radius 1 is 1.03 bits per heavy atom. The smallest absolute Gasteiger partial charge is 0.335 e. The zero-order valence-electron chi connectivity index (χ0n) is 18.5. The van der Waals surface area contributed by atoms with Crippen molar-refractivity contribution in [1.82, 2.24) is 5.32 Å². The first-order chi connectivity index (χ1) is 15.1. The van der Waals surface area contributed by atoms with Crippen molar-refractivity contribution in [3.8, 4) is 11.1 Å². The van der Waals surface area contributed by atoms with Gasteiger partial charge in [0.05, 0.1) is 13.0 Å². The Morgan fingerprint density at radius 2 is 1.76 bits per heavy atom. The second-order valence-electron chi connectivity index (χ2n) is 6.30. The van der Waals surface area contributed by atoms with E-state index in [1.165, 1.54) is 18.2 Å². The summed E-state index contributed by atoms with van der Waals surface area (Å²) in [6, 6.07) is 20.0. The molecule has 6 heteroatoms. The Bertz CT molecular complexity index is 1110. The van der Waals surface area contributed by atoms with Gasteiger partial charge in [0, 0.05) is 33.0 Å². The number of hydrogen-bond acceptors (Lipinski definition) is 4. The van der Waals surface area contributed by atoms with Gasteiger partial charge in [-0.2, -0.15) is 0 Å². The summed E-state index contributed by atoms with van der Waals surface area (Å²) >= 11 is 5.90. The Kier molecular flexibility index (Phi) is 5.92. The number of carboxylic acid groups (broad SMARTS) is 1. The number of aliphatic hydroxyl groups is 1. The molecule has 0 bridgehead atoms. The average molecular weight is 414 g/mol. The molecule has 4 N–H and O–H groups in total. The standard InChI is InChI=1S/C23H23ClN2O3/c24-20-8-2-6-18(13-20)22(27)15-25-10-11-26-21-9-3-5-17(14-21)16-4-1-7-19(12-16)23(28)29/h1-9,12-14,22,25-27H,10-11,15H2,(H,28,29)/t22-/m0/s1/i15D2,22D. The predicted octanol–water partition coefficient (Wildman–Crippen LogP) is 4.44. The summed E-state index contributed by atoms with van der Waals surface area (Å²) in [6.07, 6.45) is -2.53. The van der Waals surface area contributed by atoms with E-state index in [1.54, 1.807) is 24.3 Å². The molecule has 0 aliphatic heterocycles. The van der Waals surface area contributed by atoms with Gasteiger partial charge >= 0.3 is 5.97 Å². The number of halogens is 1. The number of aromatic carboxylic acids is 1. The largest absolute Gasteiger partial charge is 0.478 e. The number of rotatable bonds is 9. The number of benzene rings is 3. The second-order valence-corrected chi connectivity index (χ2v) is 6.74. The van der Waals surface area contributed by atoms with E-state index in [4.69, 9.17) is 15.7 Å². The minimum Gasteiger partial charge on any atom is -0.478 e. The quantitative estimate of drug-likeness (QED) is 0.390. The van der Waals surface area contributed by atoms with E-state index in [2.05, 4.69) is 10.6 Å². The van der Waals surface area contributed by atoms with Crippen molar-refractivity contribution < 1.29 is 19.1 Å². The van der Waals surface area contributed by atoms with Gasteiger partial charge in [-0.3, -0.25) is 0 Å². The highest BCUT2D eigenvalue weighted by Crippen LogP contribution is 2.23. The van der Waals surface area contributed by atoms with Gasteiger partial charge in [0.25, 0.3) is 0 Å². The number of carbonyl (C=O) groups is 1. The molecule has 3 rings (SSSR count). The molecule has 0 amide bonds. The average Bonchev–Trinajstić information content (AvgIpc) is 2.77. The minimum atomic E-state index is -2.53. The van der Waals surface area contributed by atoms with Gasteiger partial charge in [0.15, 0.2) is 0 Å². The summed E-state index contributed by atoms with van der Waals surface area (Å²) in [5, 5.41) is 25.7. The third kappa shape index (κ3) is 6.06. The molecule has 0 spiro atoms. The van der Waals surface area contributed by atoms with Crippen molar-refractivity contribution in [2.75, 3.05) is 24.9 Å². The summed E-state index contributed by atoms with van der Waals surface area (Å²) in [5.41, 5.74) is 2.62. The van der Waals surface area contributed by atoms with E-state index in [-0.39, 0.29) is 17.7 Å². The van der Waals surface area contributed by atoms with Crippen LogP contribution in [0.4, 0.5) is 5.69 Å². The van der Waals surface area contributed by atoms with E-state index in [1.807, 2.05) is 30.3 Å². The molecule has 0 aliphatic rings. The van der Waals surface area contributed by atoms with Crippen LogP contribution in [0.2, 0.25) is 5.02 Å². The molecular weight excluding hydrogens is 388 g/mol. The fourth-order valence-electron chi connectivity index (χ4n) is 2.76. The highest BCUT2D eigenvalue weighted by Gasteiger charge is 2.07. The lowest BCUT2D eigenvalue weighted by Crippen LogP contribution is -2.26. The molecule has 0 aromatic heterocycles. The number of hydrogen-bond donors (Lipinski definition) is 4. The van der Waals surface area contributed by atoms with Gasteiger partial charge in [0.1, 0.15) is 0 Å². The van der Waals surface area contributed by atoms with Crippen molar-refractivity contribution in [1.29, 1.82) is 0 Å². The van der Waals surface area contributed by atoms with Crippen LogP contribution >= 0.6 is 11.6 Å². The first kappa shape index (κ1) is 17.0. The van der Waals surface area contributed by atoms with Gasteiger partial charge in [-0.15, -0.1) is 0 Å². The van der Waals surface area contributed by atoms with Crippen LogP contribution in [-0.4, -0.2) is 35.8 Å². The monoisotopic (exact) mass is 413 g/mol. The molecule has 0 saturated carbocycles. The lowest BCUT2D eigenvalue weighted by atomic mass is 10.0. The van der Waals surface area contributed by atoms with Crippen LogP contribution in [0, 0.1) is 0 Å². The van der Waals surface area contributed by atoms with Gasteiger partial charge in [0.2, 0.25) is 0 Å². The molecule has 3 aromatic rings. The van der Waals surface area contributed by atoms with Crippen LogP contribution in [-0.2, 0) is 0 Å². The van der Waals surface area contributed by atoms with Gasteiger partial charge in [-0.1, -0.05) is 48.0 Å². The van der Waals surface area contributed by atoms with Gasteiger partial charge < -0.3 is 20.8 Å². The number of nitrogens with one attached hydrogen (secondary N) is 2. The van der Waals surface area contributed by atoms with E-state index in [9.17, 15) is 15.0 Å². The molecule has 0 unspecified atom stereocenters. The Hall–Kier alpha value is -2.86. The summed E-state index contributed by atoms with van der Waals surface area (Å²) < 4.78 is 24.4. The van der Waals surface area contributed by atoms with Crippen LogP contribution < -0.4 is 10.6 Å². The fourth-order valence-corrected chi connectivity index (χ4v) is 2.95. The van der Waals surface area contributed by atoms with E-state index in [0.717, 1.165) is 16.8 Å². The molecule has 29 heavy (non-hydrogen) atoms. The predicted molar refractivity (Wildman–Crippen MR) is 117 cm³/mol. The van der Waals surface area contributed by atoms with E-state index in [0.29, 0.717) is 11.6 Å². The molecule has 0 fully saturated rings. The topological polar surface area (TPSA) is 81.6 Å². The van der Waals surface area contributed by atoms with Crippen molar-refractivity contribution >= 4 is 23.3 Å². The molecule has 0 radical (unpaired) electrons. The van der Waals surface area contributed by atoms with Crippen LogP contribution in [0.1, 0.15) is 26.1 Å². The maximum atomic E-state index is 11.2. The first-order valence-corrected chi connectivity index (χ1v) is 9.39. The van der Waals surface area contributed by atoms with Crippen LogP contribution in [0.15, 0.2) is 72.8 Å². The molecular formula is C23H23ClN2O3. The van der Waals surface area contributed by atoms with Crippen LogP contribution in [0.3, 0.4) is 0 Å². The third-order valence-electron chi connectivity index (χ3n) is 4.19. The molecule has 0 aliphatic carbocycles. The van der Waals surface area contributed by atoms with Crippen molar-refractivity contribution in [2.24, 2.45) is 0 Å². The third-order valence-corrected chi connectivity index (χ3v) is 4.42. The molecule has 3 aromatic carbocycles. The van der Waals surface area contributed by atoms with Gasteiger partial charge in [-0.25, -0.2) is 4.79 Å². The molecule has 0 heterocycles. The normalized spacial score (nSPS) is 14.9. The van der Waals surface area contributed by atoms with Crippen molar-refractivity contribution in [3.05, 3.63) is 88.9 Å². The number of carboxylic acids is 1. The Morgan fingerprint density at radius 3 is 2.52 bits per heavy atom. The van der Waals surface area contributed by atoms with E-state index >= 15 is 0 Å². The molecule has 150 valence electrons. The van der Waals surface area contributed by atoms with Crippen LogP contribution in [0.25, 0.3) is 11.1 Å². The Labute approximate surface area is 179 Å². The van der Waals surface area contributed by atoms with Crippen molar-refractivity contribution in [3.63, 3.8) is 0 Å². The second kappa shape index (κ2) is 10.1. The SMILES string of the molecule is [2H]C([2H])(NCCNc1cccc(-c2cccc(C(=O)O)c2)c1)[C@]([2H])(O)c1cccc(Cl)c1. The summed E-state index contributed by atoms with van der Waals surface area (Å²) in [4.78, 5) is 11.2. The zero-order chi connectivity index (χ0) is 23.4. The fraction of sp³-hybridized carbons (Fsp3) is 0.174. The summed E-state index contributed by atoms with van der Waals surface area (Å²) in [6.45, 7) is -1.98. The Balaban J connectivity index is 1.61. The maximum Gasteiger partial charge on any atom is 0.335 e. The lowest BCUT2D eigenvalue weighted by molar-refractivity contribution is 0.0697. The zero-order valence-corrected chi connectivity index (χ0v) is 16.3. The van der Waals surface area contributed by atoms with Crippen LogP contribution in [0.5, 0.6) is 0 Å². The molecule has 0 saturated heterocycles. The first-order valence-electron chi connectivity index (χ1n) is 10.5. The van der Waals surface area contributed by atoms with E-state index < -0.39 is 18.5 Å². The maximum absolute atomic E-state index is 11.2. The minimum absolute atomic E-state index is 0.0479. The highest BCUT2D eigenvalue weighted by atomic mass is 35.5. The molecule has 5 nitrogen and oxygen atoms in total. The molecule has 1 atom stereocenters. The summed E-state index contributed by atoms with van der Waals surface area (Å²) in [5.74, 6) is -0.992. The highest BCUT2D eigenvalue weighted by molar-refractivity contribution is 6.30. The summed E-state index contributed by atoms with van der Waals surface area (Å²) in [7, 11) is 0. The lowest BCUT2D eigenvalue weighted by Gasteiger charge is -2.13.